The quantitative estimate of drug-likeness (QED) is 0.185. The summed E-state index contributed by atoms with van der Waals surface area (Å²) in [5.74, 6) is 1.05. The zero-order chi connectivity index (χ0) is 40.7. The number of benzene rings is 1. The molecule has 5 N–H and O–H groups in total. The van der Waals surface area contributed by atoms with Gasteiger partial charge in [-0.1, -0.05) is 49.6 Å². The number of H-pyrrole nitrogens is 1. The fourth-order valence-electron chi connectivity index (χ4n) is 9.39. The van der Waals surface area contributed by atoms with Gasteiger partial charge in [-0.05, 0) is 96.1 Å². The van der Waals surface area contributed by atoms with E-state index in [1.54, 1.807) is 6.33 Å². The minimum atomic E-state index is -1.17. The molecule has 2 atom stereocenters. The van der Waals surface area contributed by atoms with Gasteiger partial charge in [0.25, 0.3) is 0 Å². The maximum Gasteiger partial charge on any atom is 0.408 e. The van der Waals surface area contributed by atoms with Crippen molar-refractivity contribution in [2.45, 2.75) is 133 Å². The maximum absolute atomic E-state index is 14.6. The summed E-state index contributed by atoms with van der Waals surface area (Å²) in [4.78, 5) is 59.7. The number of aromatic amines is 1. The van der Waals surface area contributed by atoms with Gasteiger partial charge in [-0.3, -0.25) is 9.59 Å². The van der Waals surface area contributed by atoms with E-state index in [9.17, 15) is 14.4 Å². The molecular formula is C44H65N9O5. The van der Waals surface area contributed by atoms with Crippen molar-refractivity contribution in [2.24, 2.45) is 11.7 Å². The van der Waals surface area contributed by atoms with E-state index in [2.05, 4.69) is 47.5 Å². The summed E-state index contributed by atoms with van der Waals surface area (Å²) in [6.07, 6.45) is 14.1. The summed E-state index contributed by atoms with van der Waals surface area (Å²) in [5.41, 5.74) is 6.36. The van der Waals surface area contributed by atoms with E-state index in [1.807, 2.05) is 56.1 Å². The number of likely N-dealkylation sites (tertiary alicyclic amines) is 2. The highest BCUT2D eigenvalue weighted by Crippen LogP contribution is 2.32. The first-order valence-corrected chi connectivity index (χ1v) is 21.8. The zero-order valence-corrected chi connectivity index (χ0v) is 34.8. The van der Waals surface area contributed by atoms with Crippen LogP contribution in [0.1, 0.15) is 109 Å². The van der Waals surface area contributed by atoms with Crippen LogP contribution in [0.2, 0.25) is 0 Å². The van der Waals surface area contributed by atoms with Crippen molar-refractivity contribution in [2.75, 3.05) is 50.7 Å². The largest absolute Gasteiger partial charge is 0.444 e. The molecule has 14 nitrogen and oxygen atoms in total. The molecule has 3 aromatic rings. The Hall–Kier alpha value is -4.27. The van der Waals surface area contributed by atoms with Gasteiger partial charge in [-0.25, -0.2) is 14.8 Å². The molecule has 14 heteroatoms. The molecule has 0 radical (unpaired) electrons. The lowest BCUT2D eigenvalue weighted by Gasteiger charge is -2.42. The lowest BCUT2D eigenvalue weighted by molar-refractivity contribution is -0.138. The number of carbonyl (C=O) groups excluding carboxylic acids is 3. The summed E-state index contributed by atoms with van der Waals surface area (Å²) in [7, 11) is 0. The first-order valence-electron chi connectivity index (χ1n) is 21.8. The lowest BCUT2D eigenvalue weighted by atomic mass is 9.83. The topological polar surface area (TPSA) is 171 Å². The number of nitrogens with two attached hydrogens (primary N) is 1. The third kappa shape index (κ3) is 10.5. The van der Waals surface area contributed by atoms with E-state index >= 15 is 0 Å². The highest BCUT2D eigenvalue weighted by molar-refractivity contribution is 5.91. The van der Waals surface area contributed by atoms with Gasteiger partial charge in [0.15, 0.2) is 0 Å². The molecule has 1 aromatic carbocycles. The second kappa shape index (κ2) is 18.8. The molecule has 5 heterocycles. The molecule has 4 aliphatic rings. The molecule has 1 aliphatic carbocycles. The normalized spacial score (nSPS) is 21.4. The van der Waals surface area contributed by atoms with Crippen molar-refractivity contribution >= 4 is 34.8 Å². The number of carbonyl (C=O) groups is 3. The molecule has 3 aliphatic heterocycles. The van der Waals surface area contributed by atoms with Gasteiger partial charge in [0.2, 0.25) is 11.8 Å². The molecule has 3 amide bonds. The molecule has 0 unspecified atom stereocenters. The number of fused-ring (bicyclic) bond motifs is 1. The van der Waals surface area contributed by atoms with Gasteiger partial charge in [0, 0.05) is 52.0 Å². The molecule has 2 aromatic heterocycles. The van der Waals surface area contributed by atoms with Gasteiger partial charge in [0.05, 0.1) is 29.7 Å². The number of piperidine rings is 3. The highest BCUT2D eigenvalue weighted by atomic mass is 16.6. The Kier molecular flexibility index (Phi) is 13.5. The van der Waals surface area contributed by atoms with Crippen molar-refractivity contribution < 1.29 is 23.9 Å². The summed E-state index contributed by atoms with van der Waals surface area (Å²) >= 11 is 0. The number of aromatic nitrogens is 3. The SMILES string of the molecule is CC(C)(C)OC(=O)NC1(C(=O)N[C@@H](CCN2CCC(OC3CCN(C(=O)[C@H](N)C4CCCCC4)CC3)CC2)c2ccccc2)CCN(c2ncnc3[nH]ccc23)CC1. The highest BCUT2D eigenvalue weighted by Gasteiger charge is 2.45. The molecule has 4 fully saturated rings. The number of hydrogen-bond acceptors (Lipinski definition) is 10. The van der Waals surface area contributed by atoms with Crippen molar-refractivity contribution in [3.8, 4) is 0 Å². The molecule has 1 saturated carbocycles. The van der Waals surface area contributed by atoms with Crippen LogP contribution in [0.4, 0.5) is 10.6 Å². The monoisotopic (exact) mass is 800 g/mol. The first-order chi connectivity index (χ1) is 28.0. The van der Waals surface area contributed by atoms with Crippen LogP contribution in [-0.4, -0.2) is 118 Å². The third-order valence-electron chi connectivity index (χ3n) is 12.8. The number of alkyl carbamates (subject to hydrolysis) is 1. The Morgan fingerprint density at radius 2 is 1.57 bits per heavy atom. The molecule has 58 heavy (non-hydrogen) atoms. The number of rotatable bonds is 12. The Balaban J connectivity index is 0.929. The van der Waals surface area contributed by atoms with E-state index < -0.39 is 17.2 Å². The van der Waals surface area contributed by atoms with Gasteiger partial charge in [0.1, 0.15) is 28.9 Å². The van der Waals surface area contributed by atoms with Gasteiger partial charge in [-0.15, -0.1) is 0 Å². The van der Waals surface area contributed by atoms with E-state index in [-0.39, 0.29) is 36.1 Å². The summed E-state index contributed by atoms with van der Waals surface area (Å²) in [6, 6.07) is 11.4. The molecule has 3 saturated heterocycles. The number of anilines is 1. The first kappa shape index (κ1) is 41.9. The summed E-state index contributed by atoms with van der Waals surface area (Å²) < 4.78 is 12.3. The van der Waals surface area contributed by atoms with Crippen molar-refractivity contribution in [1.82, 2.24) is 35.4 Å². The average Bonchev–Trinajstić information content (AvgIpc) is 3.72. The Morgan fingerprint density at radius 1 is 0.897 bits per heavy atom. The predicted octanol–water partition coefficient (Wildman–Crippen LogP) is 5.45. The number of nitrogens with zero attached hydrogens (tertiary/aromatic N) is 5. The second-order valence-corrected chi connectivity index (χ2v) is 18.0. The van der Waals surface area contributed by atoms with Crippen LogP contribution in [0.15, 0.2) is 48.9 Å². The standard InChI is InChI=1S/C44H65N9O5/c1-43(2,3)58-42(56)50-44(20-28-52(29-21-44)39-35-14-22-46-38(35)47-30-48-39)41(55)49-36(31-10-6-4-7-11-31)19-25-51-23-15-33(16-24-51)57-34-17-26-53(27-18-34)40(54)37(45)32-12-8-5-9-13-32/h4,6-7,10-11,14,22,30,32-34,36-37H,5,8-9,12-13,15-21,23-29,45H2,1-3H3,(H,49,55)(H,50,56)(H,46,47,48)/t36-,37+/m0/s1. The van der Waals surface area contributed by atoms with Crippen molar-refractivity contribution in [3.63, 3.8) is 0 Å². The Morgan fingerprint density at radius 3 is 2.24 bits per heavy atom. The van der Waals surface area contributed by atoms with Crippen LogP contribution in [0.3, 0.4) is 0 Å². The van der Waals surface area contributed by atoms with E-state index in [1.165, 1.54) is 19.3 Å². The molecular weight excluding hydrogens is 735 g/mol. The number of ether oxygens (including phenoxy) is 2. The van der Waals surface area contributed by atoms with Crippen LogP contribution in [0, 0.1) is 5.92 Å². The van der Waals surface area contributed by atoms with Crippen LogP contribution < -0.4 is 21.3 Å². The lowest BCUT2D eigenvalue weighted by Crippen LogP contribution is -2.64. The Labute approximate surface area is 343 Å². The third-order valence-corrected chi connectivity index (χ3v) is 12.8. The van der Waals surface area contributed by atoms with Gasteiger partial charge < -0.3 is 45.5 Å². The molecule has 7 rings (SSSR count). The van der Waals surface area contributed by atoms with Crippen LogP contribution >= 0.6 is 0 Å². The molecule has 0 spiro atoms. The van der Waals surface area contributed by atoms with Crippen molar-refractivity contribution in [1.29, 1.82) is 0 Å². The molecule has 0 bridgehead atoms. The maximum atomic E-state index is 14.6. The summed E-state index contributed by atoms with van der Waals surface area (Å²) in [5, 5.41) is 7.34. The van der Waals surface area contributed by atoms with Gasteiger partial charge >= 0.3 is 6.09 Å². The smallest absolute Gasteiger partial charge is 0.408 e. The second-order valence-electron chi connectivity index (χ2n) is 18.0. The molecule has 316 valence electrons. The van der Waals surface area contributed by atoms with E-state index in [0.717, 1.165) is 100 Å². The van der Waals surface area contributed by atoms with Crippen molar-refractivity contribution in [3.05, 3.63) is 54.5 Å². The van der Waals surface area contributed by atoms with Crippen LogP contribution in [-0.2, 0) is 19.1 Å². The predicted molar refractivity (Wildman–Crippen MR) is 224 cm³/mol. The fraction of sp³-hybridized carbons (Fsp3) is 0.659. The Bertz CT molecular complexity index is 1800. The van der Waals surface area contributed by atoms with E-state index in [0.29, 0.717) is 31.8 Å². The number of amides is 3. The van der Waals surface area contributed by atoms with E-state index in [4.69, 9.17) is 15.2 Å². The minimum Gasteiger partial charge on any atom is -0.444 e. The zero-order valence-electron chi connectivity index (χ0n) is 34.8. The number of hydrogen-bond donors (Lipinski definition) is 4. The van der Waals surface area contributed by atoms with Crippen LogP contribution in [0.25, 0.3) is 11.0 Å². The number of nitrogens with one attached hydrogen (secondary N) is 3. The van der Waals surface area contributed by atoms with Crippen LogP contribution in [0.5, 0.6) is 0 Å². The summed E-state index contributed by atoms with van der Waals surface area (Å²) in [6.45, 7) is 10.6. The van der Waals surface area contributed by atoms with Gasteiger partial charge in [-0.2, -0.15) is 0 Å². The average molecular weight is 800 g/mol. The fourth-order valence-corrected chi connectivity index (χ4v) is 9.39. The minimum absolute atomic E-state index is 0.125.